The topological polar surface area (TPSA) is 74.5 Å². The lowest BCUT2D eigenvalue weighted by atomic mass is 10.1. The van der Waals surface area contributed by atoms with Gasteiger partial charge in [0, 0.05) is 11.1 Å². The van der Waals surface area contributed by atoms with Crippen LogP contribution in [-0.4, -0.2) is 12.1 Å². The van der Waals surface area contributed by atoms with Crippen molar-refractivity contribution in [2.45, 2.75) is 6.61 Å². The molecule has 3 aromatic carbocycles. The van der Waals surface area contributed by atoms with Gasteiger partial charge in [-0.2, -0.15) is 10.4 Å². The molecule has 0 aliphatic carbocycles. The van der Waals surface area contributed by atoms with Crippen LogP contribution in [0.5, 0.6) is 5.75 Å². The maximum absolute atomic E-state index is 12.1. The highest BCUT2D eigenvalue weighted by molar-refractivity contribution is 6.42. The van der Waals surface area contributed by atoms with Gasteiger partial charge in [-0.1, -0.05) is 41.4 Å². The lowest BCUT2D eigenvalue weighted by Gasteiger charge is -2.07. The van der Waals surface area contributed by atoms with Crippen molar-refractivity contribution in [3.63, 3.8) is 0 Å². The van der Waals surface area contributed by atoms with Crippen LogP contribution in [0.4, 0.5) is 0 Å². The fourth-order valence-electron chi connectivity index (χ4n) is 2.43. The first kappa shape index (κ1) is 20.4. The van der Waals surface area contributed by atoms with E-state index in [-0.39, 0.29) is 0 Å². The first-order valence-electron chi connectivity index (χ1n) is 8.56. The van der Waals surface area contributed by atoms with E-state index in [4.69, 9.17) is 33.2 Å². The van der Waals surface area contributed by atoms with Crippen LogP contribution in [-0.2, 0) is 6.61 Å². The van der Waals surface area contributed by atoms with E-state index in [0.717, 1.165) is 11.1 Å². The van der Waals surface area contributed by atoms with E-state index in [2.05, 4.69) is 16.6 Å². The second-order valence-corrected chi connectivity index (χ2v) is 6.77. The van der Waals surface area contributed by atoms with E-state index >= 15 is 0 Å². The number of rotatable bonds is 6. The summed E-state index contributed by atoms with van der Waals surface area (Å²) in [5, 5.41) is 13.7. The molecule has 0 bridgehead atoms. The molecule has 0 heterocycles. The molecule has 0 spiro atoms. The van der Waals surface area contributed by atoms with Crippen molar-refractivity contribution >= 4 is 35.3 Å². The van der Waals surface area contributed by atoms with Crippen molar-refractivity contribution in [3.05, 3.63) is 99.0 Å². The minimum absolute atomic E-state index is 0.302. The van der Waals surface area contributed by atoms with Gasteiger partial charge in [-0.3, -0.25) is 4.79 Å². The molecule has 0 aliphatic rings. The van der Waals surface area contributed by atoms with Crippen LogP contribution in [0, 0.1) is 11.3 Å². The Balaban J connectivity index is 1.55. The van der Waals surface area contributed by atoms with Gasteiger partial charge in [0.25, 0.3) is 5.91 Å². The highest BCUT2D eigenvalue weighted by Crippen LogP contribution is 2.22. The monoisotopic (exact) mass is 423 g/mol. The van der Waals surface area contributed by atoms with Crippen LogP contribution in [0.1, 0.15) is 27.0 Å². The Morgan fingerprint density at radius 1 is 1.07 bits per heavy atom. The van der Waals surface area contributed by atoms with Crippen molar-refractivity contribution in [1.29, 1.82) is 5.26 Å². The number of hydrogen-bond donors (Lipinski definition) is 1. The van der Waals surface area contributed by atoms with E-state index in [1.165, 1.54) is 12.3 Å². The molecule has 5 nitrogen and oxygen atoms in total. The van der Waals surface area contributed by atoms with Gasteiger partial charge in [0.05, 0.1) is 27.9 Å². The first-order chi connectivity index (χ1) is 14.1. The molecule has 0 saturated carbocycles. The zero-order valence-corrected chi connectivity index (χ0v) is 16.6. The molecule has 0 fully saturated rings. The number of nitriles is 1. The number of amides is 1. The molecule has 7 heteroatoms. The molecule has 0 unspecified atom stereocenters. The maximum Gasteiger partial charge on any atom is 0.271 e. The number of nitrogens with one attached hydrogen (secondary N) is 1. The Hall–Kier alpha value is -3.33. The predicted octanol–water partition coefficient (Wildman–Crippen LogP) is 5.21. The van der Waals surface area contributed by atoms with E-state index in [1.807, 2.05) is 18.2 Å². The smallest absolute Gasteiger partial charge is 0.271 e. The summed E-state index contributed by atoms with van der Waals surface area (Å²) in [5.41, 5.74) is 4.99. The maximum atomic E-state index is 12.1. The summed E-state index contributed by atoms with van der Waals surface area (Å²) in [6.07, 6.45) is 1.52. The molecule has 3 aromatic rings. The summed E-state index contributed by atoms with van der Waals surface area (Å²) in [6, 6.07) is 21.2. The number of hydrogen-bond acceptors (Lipinski definition) is 4. The van der Waals surface area contributed by atoms with Gasteiger partial charge in [-0.25, -0.2) is 5.43 Å². The summed E-state index contributed by atoms with van der Waals surface area (Å²) in [6.45, 7) is 0.302. The van der Waals surface area contributed by atoms with Crippen LogP contribution in [0.2, 0.25) is 10.0 Å². The fraction of sp³-hybridized carbons (Fsp3) is 0.0455. The van der Waals surface area contributed by atoms with Gasteiger partial charge in [0.2, 0.25) is 0 Å². The lowest BCUT2D eigenvalue weighted by molar-refractivity contribution is 0.0955. The Bertz CT molecular complexity index is 1090. The van der Waals surface area contributed by atoms with Crippen LogP contribution >= 0.6 is 23.2 Å². The minimum atomic E-state index is -0.393. The summed E-state index contributed by atoms with van der Waals surface area (Å²) in [5.74, 6) is 0.269. The molecule has 0 aliphatic heterocycles. The third kappa shape index (κ3) is 5.58. The van der Waals surface area contributed by atoms with Crippen LogP contribution < -0.4 is 10.2 Å². The zero-order valence-electron chi connectivity index (χ0n) is 15.1. The molecular weight excluding hydrogens is 409 g/mol. The van der Waals surface area contributed by atoms with E-state index in [1.54, 1.807) is 42.5 Å². The largest absolute Gasteiger partial charge is 0.489 e. The SMILES string of the molecule is N#Cc1ccccc1COc1ccc(/C=N\NC(=O)c2ccc(Cl)c(Cl)c2)cc1. The van der Waals surface area contributed by atoms with Crippen LogP contribution in [0.3, 0.4) is 0 Å². The second-order valence-electron chi connectivity index (χ2n) is 5.95. The van der Waals surface area contributed by atoms with Gasteiger partial charge >= 0.3 is 0 Å². The van der Waals surface area contributed by atoms with Crippen LogP contribution in [0.15, 0.2) is 71.8 Å². The molecule has 144 valence electrons. The number of halogens is 2. The van der Waals surface area contributed by atoms with Gasteiger partial charge in [-0.05, 0) is 54.1 Å². The standard InChI is InChI=1S/C22H15Cl2N3O2/c23-20-10-7-16(11-21(20)24)22(28)27-26-13-15-5-8-19(9-6-15)29-14-18-4-2-1-3-17(18)12-25/h1-11,13H,14H2,(H,27,28)/b26-13-. The molecule has 3 rings (SSSR count). The van der Waals surface area contributed by atoms with E-state index < -0.39 is 5.91 Å². The van der Waals surface area contributed by atoms with Gasteiger partial charge < -0.3 is 4.74 Å². The third-order valence-electron chi connectivity index (χ3n) is 3.97. The summed E-state index contributed by atoms with van der Waals surface area (Å²) < 4.78 is 5.72. The molecule has 1 N–H and O–H groups in total. The molecular formula is C22H15Cl2N3O2. The number of carbonyl (C=O) groups excluding carboxylic acids is 1. The minimum Gasteiger partial charge on any atom is -0.489 e. The normalized spacial score (nSPS) is 10.5. The van der Waals surface area contributed by atoms with Gasteiger partial charge in [-0.15, -0.1) is 0 Å². The van der Waals surface area contributed by atoms with Crippen LogP contribution in [0.25, 0.3) is 0 Å². The second kappa shape index (κ2) is 9.74. The Kier molecular flexibility index (Phi) is 6.85. The van der Waals surface area contributed by atoms with Crippen molar-refractivity contribution in [2.75, 3.05) is 0 Å². The number of carbonyl (C=O) groups is 1. The summed E-state index contributed by atoms with van der Waals surface area (Å²) in [4.78, 5) is 12.1. The summed E-state index contributed by atoms with van der Waals surface area (Å²) >= 11 is 11.7. The Labute approximate surface area is 178 Å². The number of ether oxygens (including phenoxy) is 1. The van der Waals surface area contributed by atoms with E-state index in [0.29, 0.717) is 33.5 Å². The number of benzene rings is 3. The molecule has 0 radical (unpaired) electrons. The first-order valence-corrected chi connectivity index (χ1v) is 9.32. The average molecular weight is 424 g/mol. The van der Waals surface area contributed by atoms with Gasteiger partial charge in [0.15, 0.2) is 0 Å². The quantitative estimate of drug-likeness (QED) is 0.436. The third-order valence-corrected chi connectivity index (χ3v) is 4.71. The van der Waals surface area contributed by atoms with Crippen molar-refractivity contribution in [2.24, 2.45) is 5.10 Å². The number of nitrogens with zero attached hydrogens (tertiary/aromatic N) is 2. The fourth-order valence-corrected chi connectivity index (χ4v) is 2.73. The molecule has 29 heavy (non-hydrogen) atoms. The highest BCUT2D eigenvalue weighted by atomic mass is 35.5. The number of hydrazone groups is 1. The summed E-state index contributed by atoms with van der Waals surface area (Å²) in [7, 11) is 0. The highest BCUT2D eigenvalue weighted by Gasteiger charge is 2.07. The molecule has 0 atom stereocenters. The zero-order chi connectivity index (χ0) is 20.6. The molecule has 1 amide bonds. The predicted molar refractivity (Wildman–Crippen MR) is 113 cm³/mol. The lowest BCUT2D eigenvalue weighted by Crippen LogP contribution is -2.17. The average Bonchev–Trinajstić information content (AvgIpc) is 2.75. The molecule has 0 saturated heterocycles. The van der Waals surface area contributed by atoms with Crippen molar-refractivity contribution in [1.82, 2.24) is 5.43 Å². The molecule has 0 aromatic heterocycles. The Morgan fingerprint density at radius 3 is 2.55 bits per heavy atom. The van der Waals surface area contributed by atoms with E-state index in [9.17, 15) is 4.79 Å². The van der Waals surface area contributed by atoms with Crippen molar-refractivity contribution in [3.8, 4) is 11.8 Å². The van der Waals surface area contributed by atoms with Crippen molar-refractivity contribution < 1.29 is 9.53 Å². The van der Waals surface area contributed by atoms with Gasteiger partial charge in [0.1, 0.15) is 12.4 Å². The Morgan fingerprint density at radius 2 is 1.83 bits per heavy atom.